The van der Waals surface area contributed by atoms with E-state index >= 15 is 0 Å². The molecule has 0 bridgehead atoms. The lowest BCUT2D eigenvalue weighted by Crippen LogP contribution is -2.15. The van der Waals surface area contributed by atoms with Gasteiger partial charge in [0.25, 0.3) is 5.89 Å². The first-order chi connectivity index (χ1) is 14.9. The highest BCUT2D eigenvalue weighted by molar-refractivity contribution is 7.90. The third-order valence-corrected chi connectivity index (χ3v) is 6.08. The third-order valence-electron chi connectivity index (χ3n) is 4.40. The Labute approximate surface area is 180 Å². The van der Waals surface area contributed by atoms with Crippen molar-refractivity contribution < 1.29 is 27.1 Å². The largest absolute Gasteiger partial charge is 0.497 e. The van der Waals surface area contributed by atoms with Gasteiger partial charge in [0.05, 0.1) is 31.3 Å². The number of nitrogens with one attached hydrogen (secondary N) is 1. The molecule has 0 aliphatic rings. The first-order valence-electron chi connectivity index (χ1n) is 9.50. The minimum absolute atomic E-state index is 0.0115. The Morgan fingerprint density at radius 2 is 1.84 bits per heavy atom. The summed E-state index contributed by atoms with van der Waals surface area (Å²) >= 11 is 0. The van der Waals surface area contributed by atoms with E-state index in [1.165, 1.54) is 7.11 Å². The lowest BCUT2D eigenvalue weighted by atomic mass is 10.2. The molecule has 0 aliphatic heterocycles. The Kier molecular flexibility index (Phi) is 7.24. The Bertz CT molecular complexity index is 1130. The molecule has 0 spiro atoms. The summed E-state index contributed by atoms with van der Waals surface area (Å²) in [5.74, 6) is 0.701. The number of sulfone groups is 1. The summed E-state index contributed by atoms with van der Waals surface area (Å²) in [7, 11) is -0.258. The highest BCUT2D eigenvalue weighted by Gasteiger charge is 2.17. The van der Waals surface area contributed by atoms with E-state index in [2.05, 4.69) is 15.5 Å². The van der Waals surface area contributed by atoms with E-state index in [-0.39, 0.29) is 36.3 Å². The van der Waals surface area contributed by atoms with Crippen LogP contribution in [0.3, 0.4) is 0 Å². The summed E-state index contributed by atoms with van der Waals surface area (Å²) in [6.45, 7) is 0. The molecule has 0 unspecified atom stereocenters. The normalized spacial score (nSPS) is 11.2. The zero-order valence-electron chi connectivity index (χ0n) is 17.2. The van der Waals surface area contributed by atoms with Gasteiger partial charge in [-0.2, -0.15) is 0 Å². The summed E-state index contributed by atoms with van der Waals surface area (Å²) in [5.41, 5.74) is 1.27. The molecule has 1 heterocycles. The van der Waals surface area contributed by atoms with Crippen molar-refractivity contribution in [2.45, 2.75) is 18.6 Å². The quantitative estimate of drug-likeness (QED) is 0.505. The molecule has 0 radical (unpaired) electrons. The predicted molar refractivity (Wildman–Crippen MR) is 115 cm³/mol. The molecule has 164 valence electrons. The molecule has 3 aromatic rings. The SMILES string of the molecule is COc1ccc(-c2nnc(NC(=O)CCCS(=O)(=O)Cc3ccccc3)o2)c(OC)c1. The van der Waals surface area contributed by atoms with Crippen molar-refractivity contribution in [3.63, 3.8) is 0 Å². The number of ether oxygens (including phenoxy) is 2. The second-order valence-electron chi connectivity index (χ2n) is 6.71. The second kappa shape index (κ2) is 10.1. The number of amides is 1. The van der Waals surface area contributed by atoms with Gasteiger partial charge in [-0.3, -0.25) is 10.1 Å². The van der Waals surface area contributed by atoms with Crippen LogP contribution in [0, 0.1) is 0 Å². The van der Waals surface area contributed by atoms with Crippen LogP contribution >= 0.6 is 0 Å². The second-order valence-corrected chi connectivity index (χ2v) is 8.89. The molecule has 0 aliphatic carbocycles. The van der Waals surface area contributed by atoms with E-state index in [0.717, 1.165) is 5.56 Å². The molecule has 1 N–H and O–H groups in total. The fourth-order valence-electron chi connectivity index (χ4n) is 2.89. The molecular formula is C21H23N3O6S. The van der Waals surface area contributed by atoms with Crippen LogP contribution in [0.25, 0.3) is 11.5 Å². The van der Waals surface area contributed by atoms with Crippen LogP contribution in [0.4, 0.5) is 6.01 Å². The summed E-state index contributed by atoms with van der Waals surface area (Å²) in [6.07, 6.45) is 0.200. The number of carbonyl (C=O) groups is 1. The van der Waals surface area contributed by atoms with E-state index in [0.29, 0.717) is 17.1 Å². The number of methoxy groups -OCH3 is 2. The van der Waals surface area contributed by atoms with E-state index in [4.69, 9.17) is 13.9 Å². The van der Waals surface area contributed by atoms with Crippen molar-refractivity contribution >= 4 is 21.8 Å². The molecule has 31 heavy (non-hydrogen) atoms. The van der Waals surface area contributed by atoms with Gasteiger partial charge in [0, 0.05) is 12.5 Å². The number of aromatic nitrogens is 2. The van der Waals surface area contributed by atoms with Crippen LogP contribution in [0.2, 0.25) is 0 Å². The molecule has 10 heteroatoms. The van der Waals surface area contributed by atoms with Crippen molar-refractivity contribution in [1.29, 1.82) is 0 Å². The number of hydrogen-bond donors (Lipinski definition) is 1. The number of carbonyl (C=O) groups excluding carboxylic acids is 1. The molecule has 0 saturated heterocycles. The van der Waals surface area contributed by atoms with Gasteiger partial charge >= 0.3 is 6.01 Å². The Hall–Kier alpha value is -3.40. The Morgan fingerprint density at radius 1 is 1.06 bits per heavy atom. The molecule has 9 nitrogen and oxygen atoms in total. The number of nitrogens with zero attached hydrogens (tertiary/aromatic N) is 2. The number of benzene rings is 2. The van der Waals surface area contributed by atoms with E-state index < -0.39 is 15.7 Å². The summed E-state index contributed by atoms with van der Waals surface area (Å²) in [4.78, 5) is 12.1. The maximum absolute atomic E-state index is 12.2. The van der Waals surface area contributed by atoms with E-state index in [9.17, 15) is 13.2 Å². The number of hydrogen-bond acceptors (Lipinski definition) is 8. The minimum Gasteiger partial charge on any atom is -0.497 e. The smallest absolute Gasteiger partial charge is 0.322 e. The van der Waals surface area contributed by atoms with Gasteiger partial charge in [0.1, 0.15) is 11.5 Å². The first kappa shape index (κ1) is 22.3. The maximum atomic E-state index is 12.2. The van der Waals surface area contributed by atoms with Crippen molar-refractivity contribution in [2.75, 3.05) is 25.3 Å². The van der Waals surface area contributed by atoms with Crippen molar-refractivity contribution in [3.05, 3.63) is 54.1 Å². The fourth-order valence-corrected chi connectivity index (χ4v) is 4.32. The van der Waals surface area contributed by atoms with Gasteiger partial charge in [0.2, 0.25) is 5.91 Å². The zero-order valence-corrected chi connectivity index (χ0v) is 18.0. The molecule has 1 amide bonds. The molecule has 2 aromatic carbocycles. The van der Waals surface area contributed by atoms with Gasteiger partial charge in [-0.25, -0.2) is 8.42 Å². The molecule has 0 fully saturated rings. The maximum Gasteiger partial charge on any atom is 0.322 e. The van der Waals surface area contributed by atoms with Gasteiger partial charge in [-0.1, -0.05) is 35.4 Å². The molecule has 3 rings (SSSR count). The van der Waals surface area contributed by atoms with Gasteiger partial charge in [0.15, 0.2) is 9.84 Å². The highest BCUT2D eigenvalue weighted by atomic mass is 32.2. The average molecular weight is 445 g/mol. The molecule has 0 atom stereocenters. The standard InChI is InChI=1S/C21H23N3O6S/c1-28-16-10-11-17(18(13-16)29-2)20-23-24-21(30-20)22-19(25)9-6-12-31(26,27)14-15-7-4-3-5-8-15/h3-5,7-8,10-11,13H,6,9,12,14H2,1-2H3,(H,22,24,25). The van der Waals surface area contributed by atoms with Crippen LogP contribution in [0.5, 0.6) is 11.5 Å². The number of anilines is 1. The molecular weight excluding hydrogens is 422 g/mol. The third kappa shape index (κ3) is 6.29. The zero-order chi connectivity index (χ0) is 22.3. The Morgan fingerprint density at radius 3 is 2.55 bits per heavy atom. The van der Waals surface area contributed by atoms with Crippen LogP contribution in [-0.4, -0.2) is 44.5 Å². The van der Waals surface area contributed by atoms with Crippen LogP contribution in [0.15, 0.2) is 52.9 Å². The van der Waals surface area contributed by atoms with Crippen LogP contribution in [-0.2, 0) is 20.4 Å². The topological polar surface area (TPSA) is 121 Å². The van der Waals surface area contributed by atoms with Gasteiger partial charge in [-0.05, 0) is 24.1 Å². The fraction of sp³-hybridized carbons (Fsp3) is 0.286. The first-order valence-corrected chi connectivity index (χ1v) is 11.3. The van der Waals surface area contributed by atoms with Crippen molar-refractivity contribution in [3.8, 4) is 23.0 Å². The predicted octanol–water partition coefficient (Wildman–Crippen LogP) is 3.09. The molecule has 1 aromatic heterocycles. The lowest BCUT2D eigenvalue weighted by molar-refractivity contribution is -0.116. The van der Waals surface area contributed by atoms with E-state index in [1.807, 2.05) is 6.07 Å². The van der Waals surface area contributed by atoms with Gasteiger partial charge < -0.3 is 13.9 Å². The summed E-state index contributed by atoms with van der Waals surface area (Å²) < 4.78 is 40.4. The molecule has 0 saturated carbocycles. The number of rotatable bonds is 10. The van der Waals surface area contributed by atoms with Crippen molar-refractivity contribution in [2.24, 2.45) is 0 Å². The van der Waals surface area contributed by atoms with Crippen molar-refractivity contribution in [1.82, 2.24) is 10.2 Å². The highest BCUT2D eigenvalue weighted by Crippen LogP contribution is 2.33. The monoisotopic (exact) mass is 445 g/mol. The van der Waals surface area contributed by atoms with E-state index in [1.54, 1.807) is 49.6 Å². The minimum atomic E-state index is -3.30. The summed E-state index contributed by atoms with van der Waals surface area (Å²) in [6, 6.07) is 13.9. The average Bonchev–Trinajstić information content (AvgIpc) is 3.21. The Balaban J connectivity index is 1.53. The van der Waals surface area contributed by atoms with Crippen LogP contribution in [0.1, 0.15) is 18.4 Å². The lowest BCUT2D eigenvalue weighted by Gasteiger charge is -2.07. The summed E-state index contributed by atoms with van der Waals surface area (Å²) in [5, 5.41) is 10.2. The van der Waals surface area contributed by atoms with Crippen LogP contribution < -0.4 is 14.8 Å². The van der Waals surface area contributed by atoms with Gasteiger partial charge in [-0.15, -0.1) is 5.10 Å².